The Kier molecular flexibility index (Phi) is 4.60. The third-order valence-corrected chi connectivity index (χ3v) is 7.46. The van der Waals surface area contributed by atoms with E-state index in [1.54, 1.807) is 0 Å². The minimum atomic E-state index is -0.0972. The van der Waals surface area contributed by atoms with Gasteiger partial charge < -0.3 is 0 Å². The molecule has 0 radical (unpaired) electrons. The van der Waals surface area contributed by atoms with E-state index in [1.807, 2.05) is 0 Å². The van der Waals surface area contributed by atoms with E-state index in [0.29, 0.717) is 0 Å². The van der Waals surface area contributed by atoms with Crippen molar-refractivity contribution in [1.29, 1.82) is 0 Å². The first kappa shape index (κ1) is 9.52. The van der Waals surface area contributed by atoms with E-state index in [1.165, 1.54) is 21.3 Å². The Hall–Kier alpha value is 0.519. The van der Waals surface area contributed by atoms with Crippen molar-refractivity contribution in [2.45, 2.75) is 49.0 Å². The fourth-order valence-electron chi connectivity index (χ4n) is 0.905. The molecule has 0 aliphatic heterocycles. The second-order valence-corrected chi connectivity index (χ2v) is 7.25. The van der Waals surface area contributed by atoms with Crippen LogP contribution in [-0.2, 0) is 12.8 Å². The molecular weight excluding hydrogens is 160 g/mol. The van der Waals surface area contributed by atoms with Crippen molar-refractivity contribution in [3.8, 4) is 0 Å². The molecule has 0 N–H and O–H groups in total. The third-order valence-electron chi connectivity index (χ3n) is 1.81. The zero-order chi connectivity index (χ0) is 7.33. The van der Waals surface area contributed by atoms with E-state index >= 15 is 0 Å². The number of rotatable bonds is 4. The molecule has 1 heteroatoms. The molecule has 0 bridgehead atoms. The van der Waals surface area contributed by atoms with Crippen LogP contribution in [0.2, 0.25) is 21.3 Å². The molecule has 0 nitrogen and oxygen atoms in total. The number of hydrogen-bond donors (Lipinski definition) is 0. The average molecular weight is 180 g/mol. The second-order valence-electron chi connectivity index (χ2n) is 1.76. The zero-order valence-corrected chi connectivity index (χ0v) is 8.07. The van der Waals surface area contributed by atoms with Crippen LogP contribution in [0.5, 0.6) is 0 Å². The van der Waals surface area contributed by atoms with Gasteiger partial charge in [0.15, 0.2) is 0 Å². The Morgan fingerprint density at radius 1 is 0.667 bits per heavy atom. The van der Waals surface area contributed by atoms with Crippen molar-refractivity contribution in [2.75, 3.05) is 0 Å². The molecular formula is C8H20Cu. The fourth-order valence-corrected chi connectivity index (χ4v) is 3.73. The third kappa shape index (κ3) is 2.31. The molecule has 63 valence electrons. The van der Waals surface area contributed by atoms with E-state index in [-0.39, 0.29) is 12.8 Å². The van der Waals surface area contributed by atoms with Crippen LogP contribution in [0.15, 0.2) is 0 Å². The van der Waals surface area contributed by atoms with E-state index in [9.17, 15) is 0 Å². The molecule has 0 fully saturated rings. The predicted molar refractivity (Wildman–Crippen MR) is 41.9 cm³/mol. The minimum absolute atomic E-state index is 0.0972. The van der Waals surface area contributed by atoms with Crippen LogP contribution in [0.3, 0.4) is 0 Å². The molecule has 0 saturated carbocycles. The van der Waals surface area contributed by atoms with Crippen LogP contribution < -0.4 is 0 Å². The van der Waals surface area contributed by atoms with Gasteiger partial charge in [0.1, 0.15) is 0 Å². The standard InChI is InChI=1S/4C2H5.Cu/c4*1-2;/h4*1H2,2H3;. The van der Waals surface area contributed by atoms with Gasteiger partial charge in [-0.3, -0.25) is 0 Å². The molecule has 0 unspecified atom stereocenters. The summed E-state index contributed by atoms with van der Waals surface area (Å²) < 4.78 is 0. The van der Waals surface area contributed by atoms with Gasteiger partial charge in [-0.05, 0) is 0 Å². The van der Waals surface area contributed by atoms with Gasteiger partial charge in [-0.2, -0.15) is 0 Å². The summed E-state index contributed by atoms with van der Waals surface area (Å²) in [5, 5.41) is 5.69. The first-order valence-corrected chi connectivity index (χ1v) is 6.34. The van der Waals surface area contributed by atoms with Crippen molar-refractivity contribution in [3.05, 3.63) is 0 Å². The second kappa shape index (κ2) is 4.35. The van der Waals surface area contributed by atoms with E-state index in [0.717, 1.165) is 0 Å². The normalized spacial score (nSPS) is 13.8. The zero-order valence-electron chi connectivity index (χ0n) is 7.13. The van der Waals surface area contributed by atoms with Crippen LogP contribution in [0.1, 0.15) is 27.7 Å². The predicted octanol–water partition coefficient (Wildman–Crippen LogP) is 3.89. The van der Waals surface area contributed by atoms with E-state index < -0.39 is 0 Å². The molecule has 0 heterocycles. The van der Waals surface area contributed by atoms with Crippen molar-refractivity contribution >= 4 is 0 Å². The summed E-state index contributed by atoms with van der Waals surface area (Å²) in [4.78, 5) is 0. The van der Waals surface area contributed by atoms with Gasteiger partial charge in [0.2, 0.25) is 0 Å². The van der Waals surface area contributed by atoms with E-state index in [2.05, 4.69) is 27.7 Å². The molecule has 0 rings (SSSR count). The van der Waals surface area contributed by atoms with Gasteiger partial charge in [-0.15, -0.1) is 0 Å². The quantitative estimate of drug-likeness (QED) is 0.575. The molecule has 0 aliphatic carbocycles. The van der Waals surface area contributed by atoms with Crippen LogP contribution >= 0.6 is 0 Å². The molecule has 9 heavy (non-hydrogen) atoms. The maximum absolute atomic E-state index is 2.34. The van der Waals surface area contributed by atoms with Gasteiger partial charge >= 0.3 is 61.8 Å². The van der Waals surface area contributed by atoms with Crippen molar-refractivity contribution < 1.29 is 12.8 Å². The number of hydrogen-bond acceptors (Lipinski definition) is 0. The molecule has 0 spiro atoms. The molecule has 0 aromatic carbocycles. The Labute approximate surface area is 62.3 Å². The Morgan fingerprint density at radius 3 is 0.889 bits per heavy atom. The SMILES string of the molecule is C[CH2][Cu]([CH2]C)([CH2]C)[CH2]C. The van der Waals surface area contributed by atoms with Crippen molar-refractivity contribution in [2.24, 2.45) is 0 Å². The van der Waals surface area contributed by atoms with Gasteiger partial charge in [-0.1, -0.05) is 0 Å². The summed E-state index contributed by atoms with van der Waals surface area (Å²) >= 11 is -0.0972. The van der Waals surface area contributed by atoms with Crippen LogP contribution in [0.4, 0.5) is 0 Å². The monoisotopic (exact) mass is 179 g/mol. The topological polar surface area (TPSA) is 0 Å². The summed E-state index contributed by atoms with van der Waals surface area (Å²) in [6.45, 7) is 9.35. The van der Waals surface area contributed by atoms with Crippen LogP contribution in [0.25, 0.3) is 0 Å². The van der Waals surface area contributed by atoms with Crippen molar-refractivity contribution in [3.63, 3.8) is 0 Å². The summed E-state index contributed by atoms with van der Waals surface area (Å²) in [6.07, 6.45) is 0. The van der Waals surface area contributed by atoms with Gasteiger partial charge in [-0.25, -0.2) is 0 Å². The van der Waals surface area contributed by atoms with Gasteiger partial charge in [0, 0.05) is 0 Å². The van der Waals surface area contributed by atoms with Crippen LogP contribution in [0, 0.1) is 0 Å². The molecule has 0 atom stereocenters. The average Bonchev–Trinajstić information content (AvgIpc) is 1.95. The van der Waals surface area contributed by atoms with Crippen LogP contribution in [-0.4, -0.2) is 0 Å². The molecule has 0 aromatic rings. The fraction of sp³-hybridized carbons (Fsp3) is 1.00. The molecule has 0 amide bonds. The summed E-state index contributed by atoms with van der Waals surface area (Å²) in [6, 6.07) is 0. The Bertz CT molecular complexity index is 47.5. The summed E-state index contributed by atoms with van der Waals surface area (Å²) in [7, 11) is 0. The van der Waals surface area contributed by atoms with Gasteiger partial charge in [0.05, 0.1) is 0 Å². The summed E-state index contributed by atoms with van der Waals surface area (Å²) in [5.41, 5.74) is 0. The Balaban J connectivity index is 3.82. The molecule has 0 aromatic heterocycles. The first-order chi connectivity index (χ1) is 4.24. The first-order valence-electron chi connectivity index (χ1n) is 3.68. The molecule has 0 saturated heterocycles. The van der Waals surface area contributed by atoms with Gasteiger partial charge in [0.25, 0.3) is 0 Å². The Morgan fingerprint density at radius 2 is 0.889 bits per heavy atom. The summed E-state index contributed by atoms with van der Waals surface area (Å²) in [5.74, 6) is 0. The van der Waals surface area contributed by atoms with Crippen molar-refractivity contribution in [1.82, 2.24) is 0 Å². The van der Waals surface area contributed by atoms with E-state index in [4.69, 9.17) is 0 Å². The maximum atomic E-state index is 2.34. The molecule has 0 aliphatic rings.